The molecule has 0 N–H and O–H groups in total. The molecule has 34 heavy (non-hydrogen) atoms. The summed E-state index contributed by atoms with van der Waals surface area (Å²) in [6.07, 6.45) is 8.56. The summed E-state index contributed by atoms with van der Waals surface area (Å²) in [5.74, 6) is 1.32. The van der Waals surface area contributed by atoms with Gasteiger partial charge in [0.2, 0.25) is 0 Å². The van der Waals surface area contributed by atoms with Crippen LogP contribution in [0.3, 0.4) is 0 Å². The number of fused-ring (bicyclic) bond motifs is 1. The minimum atomic E-state index is 0.241. The van der Waals surface area contributed by atoms with Crippen LogP contribution in [0.25, 0.3) is 11.1 Å². The van der Waals surface area contributed by atoms with E-state index in [4.69, 9.17) is 9.47 Å². The molecule has 1 aliphatic rings. The number of benzene rings is 3. The lowest BCUT2D eigenvalue weighted by Gasteiger charge is -2.18. The number of ether oxygens (including phenoxy) is 2. The van der Waals surface area contributed by atoms with Crippen LogP contribution in [0.5, 0.6) is 11.5 Å². The fourth-order valence-electron chi connectivity index (χ4n) is 4.60. The van der Waals surface area contributed by atoms with Crippen LogP contribution in [-0.2, 0) is 26.1 Å². The molecule has 0 fully saturated rings. The second-order valence-electron chi connectivity index (χ2n) is 8.44. The van der Waals surface area contributed by atoms with Gasteiger partial charge in [-0.2, -0.15) is 0 Å². The molecule has 5 nitrogen and oxygen atoms in total. The Kier molecular flexibility index (Phi) is 6.34. The van der Waals surface area contributed by atoms with E-state index in [9.17, 15) is 4.79 Å². The molecule has 0 saturated heterocycles. The van der Waals surface area contributed by atoms with E-state index in [1.54, 1.807) is 18.6 Å². The number of hydrogen-bond acceptors (Lipinski definition) is 5. The Morgan fingerprint density at radius 1 is 0.912 bits per heavy atom. The first kappa shape index (κ1) is 21.8. The van der Waals surface area contributed by atoms with Gasteiger partial charge in [0.15, 0.2) is 6.29 Å². The lowest BCUT2D eigenvalue weighted by atomic mass is 9.97. The third-order valence-electron chi connectivity index (χ3n) is 6.39. The molecular formula is C29H26N2O3. The lowest BCUT2D eigenvalue weighted by molar-refractivity contribution is 0.111. The lowest BCUT2D eigenvalue weighted by Crippen LogP contribution is -2.06. The van der Waals surface area contributed by atoms with Gasteiger partial charge < -0.3 is 9.47 Å². The molecule has 0 radical (unpaired) electrons. The highest BCUT2D eigenvalue weighted by Gasteiger charge is 2.24. The fourth-order valence-corrected chi connectivity index (χ4v) is 4.60. The van der Waals surface area contributed by atoms with Gasteiger partial charge in [0.1, 0.15) is 24.7 Å². The van der Waals surface area contributed by atoms with Crippen molar-refractivity contribution in [2.75, 3.05) is 0 Å². The molecule has 0 amide bonds. The zero-order valence-electron chi connectivity index (χ0n) is 19.2. The summed E-state index contributed by atoms with van der Waals surface area (Å²) in [6, 6.07) is 18.6. The Morgan fingerprint density at radius 3 is 2.53 bits per heavy atom. The number of carbonyl (C=O) groups is 1. The third kappa shape index (κ3) is 4.42. The standard InChI is InChI=1S/C29H26N2O3/c1-20-22(9-5-10-24(20)21-7-3-2-4-8-21)18-33-28-15-29(34-19-23-16-30-13-14-31-23)27(17-32)25-11-6-12-26(25)28/h2-5,7-10,13-17H,6,11-12,18-19H2,1H3. The molecule has 0 bridgehead atoms. The van der Waals surface area contributed by atoms with Crippen molar-refractivity contribution in [2.24, 2.45) is 0 Å². The predicted octanol–water partition coefficient (Wildman–Crippen LogP) is 5.91. The van der Waals surface area contributed by atoms with Gasteiger partial charge in [-0.3, -0.25) is 14.8 Å². The predicted molar refractivity (Wildman–Crippen MR) is 131 cm³/mol. The maximum atomic E-state index is 12.0. The van der Waals surface area contributed by atoms with E-state index < -0.39 is 0 Å². The van der Waals surface area contributed by atoms with Crippen LogP contribution in [-0.4, -0.2) is 16.3 Å². The summed E-state index contributed by atoms with van der Waals surface area (Å²) < 4.78 is 12.4. The van der Waals surface area contributed by atoms with E-state index in [0.29, 0.717) is 23.6 Å². The molecule has 5 rings (SSSR count). The van der Waals surface area contributed by atoms with Crippen molar-refractivity contribution in [3.05, 3.63) is 107 Å². The molecule has 1 aliphatic carbocycles. The minimum Gasteiger partial charge on any atom is -0.488 e. The van der Waals surface area contributed by atoms with Gasteiger partial charge in [0.25, 0.3) is 0 Å². The quantitative estimate of drug-likeness (QED) is 0.312. The second kappa shape index (κ2) is 9.87. The Labute approximate surface area is 199 Å². The van der Waals surface area contributed by atoms with Gasteiger partial charge in [-0.1, -0.05) is 48.5 Å². The van der Waals surface area contributed by atoms with Gasteiger partial charge in [-0.25, -0.2) is 0 Å². The van der Waals surface area contributed by atoms with Gasteiger partial charge >= 0.3 is 0 Å². The first-order chi connectivity index (χ1) is 16.7. The average molecular weight is 451 g/mol. The van der Waals surface area contributed by atoms with Gasteiger partial charge in [-0.15, -0.1) is 0 Å². The summed E-state index contributed by atoms with van der Waals surface area (Å²) in [7, 11) is 0. The summed E-state index contributed by atoms with van der Waals surface area (Å²) >= 11 is 0. The first-order valence-corrected chi connectivity index (χ1v) is 11.5. The number of hydrogen-bond donors (Lipinski definition) is 0. The first-order valence-electron chi connectivity index (χ1n) is 11.5. The van der Waals surface area contributed by atoms with E-state index in [-0.39, 0.29) is 6.61 Å². The molecule has 0 spiro atoms. The highest BCUT2D eigenvalue weighted by molar-refractivity contribution is 5.84. The molecule has 0 unspecified atom stereocenters. The van der Waals surface area contributed by atoms with Crippen molar-refractivity contribution >= 4 is 6.29 Å². The summed E-state index contributed by atoms with van der Waals surface area (Å²) in [5, 5.41) is 0. The molecule has 5 heteroatoms. The number of carbonyl (C=O) groups excluding carboxylic acids is 1. The SMILES string of the molecule is Cc1c(COc2cc(OCc3cnccn3)c(C=O)c3c2CCC3)cccc1-c1ccccc1. The van der Waals surface area contributed by atoms with Crippen molar-refractivity contribution in [1.82, 2.24) is 9.97 Å². The Balaban J connectivity index is 1.42. The van der Waals surface area contributed by atoms with Crippen molar-refractivity contribution < 1.29 is 14.3 Å². The highest BCUT2D eigenvalue weighted by Crippen LogP contribution is 2.39. The maximum Gasteiger partial charge on any atom is 0.154 e. The normalized spacial score (nSPS) is 12.3. The second-order valence-corrected chi connectivity index (χ2v) is 8.44. The zero-order valence-corrected chi connectivity index (χ0v) is 19.2. The van der Waals surface area contributed by atoms with Crippen LogP contribution in [0.1, 0.15) is 44.7 Å². The minimum absolute atomic E-state index is 0.241. The number of aromatic nitrogens is 2. The van der Waals surface area contributed by atoms with Gasteiger partial charge in [0, 0.05) is 18.5 Å². The highest BCUT2D eigenvalue weighted by atomic mass is 16.5. The molecular weight excluding hydrogens is 424 g/mol. The smallest absolute Gasteiger partial charge is 0.154 e. The topological polar surface area (TPSA) is 61.3 Å². The molecule has 3 aromatic carbocycles. The van der Waals surface area contributed by atoms with E-state index in [0.717, 1.165) is 48.0 Å². The van der Waals surface area contributed by atoms with Crippen molar-refractivity contribution in [3.63, 3.8) is 0 Å². The summed E-state index contributed by atoms with van der Waals surface area (Å²) in [4.78, 5) is 20.3. The Bertz CT molecular complexity index is 1300. The Morgan fingerprint density at radius 2 is 1.74 bits per heavy atom. The van der Waals surface area contributed by atoms with Crippen molar-refractivity contribution in [1.29, 1.82) is 0 Å². The van der Waals surface area contributed by atoms with Crippen LogP contribution < -0.4 is 9.47 Å². The molecule has 0 saturated carbocycles. The van der Waals surface area contributed by atoms with Crippen LogP contribution >= 0.6 is 0 Å². The van der Waals surface area contributed by atoms with E-state index >= 15 is 0 Å². The molecule has 170 valence electrons. The van der Waals surface area contributed by atoms with E-state index in [1.165, 1.54) is 16.7 Å². The molecule has 0 atom stereocenters. The largest absolute Gasteiger partial charge is 0.488 e. The third-order valence-corrected chi connectivity index (χ3v) is 6.39. The van der Waals surface area contributed by atoms with Crippen molar-refractivity contribution in [3.8, 4) is 22.6 Å². The summed E-state index contributed by atoms with van der Waals surface area (Å²) in [5.41, 5.74) is 8.21. The Hall–Kier alpha value is -3.99. The number of rotatable bonds is 8. The number of nitrogens with zero attached hydrogens (tertiary/aromatic N) is 2. The van der Waals surface area contributed by atoms with Crippen LogP contribution in [0.15, 0.2) is 73.2 Å². The van der Waals surface area contributed by atoms with E-state index in [2.05, 4.69) is 59.4 Å². The van der Waals surface area contributed by atoms with Gasteiger partial charge in [-0.05, 0) is 59.6 Å². The van der Waals surface area contributed by atoms with E-state index in [1.807, 2.05) is 12.1 Å². The van der Waals surface area contributed by atoms with Gasteiger partial charge in [0.05, 0.1) is 17.5 Å². The monoisotopic (exact) mass is 450 g/mol. The molecule has 4 aromatic rings. The van der Waals surface area contributed by atoms with Crippen molar-refractivity contribution in [2.45, 2.75) is 39.4 Å². The fraction of sp³-hybridized carbons (Fsp3) is 0.207. The number of aldehydes is 1. The van der Waals surface area contributed by atoms with Crippen LogP contribution in [0, 0.1) is 6.92 Å². The maximum absolute atomic E-state index is 12.0. The zero-order chi connectivity index (χ0) is 23.3. The molecule has 0 aliphatic heterocycles. The molecule has 1 heterocycles. The average Bonchev–Trinajstić information content (AvgIpc) is 3.38. The summed E-state index contributed by atoms with van der Waals surface area (Å²) in [6.45, 7) is 2.82. The van der Waals surface area contributed by atoms with Crippen LogP contribution in [0.2, 0.25) is 0 Å². The molecule has 1 aromatic heterocycles. The van der Waals surface area contributed by atoms with Crippen LogP contribution in [0.4, 0.5) is 0 Å².